The standard InChI is InChI=1S/C17H20FNO2/c1-12-17(2,9-10-20-12)19-11-15-7-8-16(21-15)13-3-5-14(18)6-4-13/h3-8,12,19H,9-11H2,1-2H3. The number of hydrogen-bond acceptors (Lipinski definition) is 3. The zero-order valence-electron chi connectivity index (χ0n) is 12.4. The van der Waals surface area contributed by atoms with Crippen LogP contribution in [0.3, 0.4) is 0 Å². The van der Waals surface area contributed by atoms with Crippen molar-refractivity contribution in [3.05, 3.63) is 48.0 Å². The largest absolute Gasteiger partial charge is 0.460 e. The van der Waals surface area contributed by atoms with E-state index in [1.807, 2.05) is 12.1 Å². The molecule has 1 N–H and O–H groups in total. The molecule has 21 heavy (non-hydrogen) atoms. The van der Waals surface area contributed by atoms with Gasteiger partial charge in [-0.2, -0.15) is 0 Å². The molecule has 112 valence electrons. The number of ether oxygens (including phenoxy) is 1. The molecule has 1 aliphatic heterocycles. The Labute approximate surface area is 124 Å². The van der Waals surface area contributed by atoms with Gasteiger partial charge < -0.3 is 14.5 Å². The van der Waals surface area contributed by atoms with E-state index in [1.54, 1.807) is 12.1 Å². The first-order valence-electron chi connectivity index (χ1n) is 7.28. The van der Waals surface area contributed by atoms with Crippen LogP contribution in [0.2, 0.25) is 0 Å². The fourth-order valence-electron chi connectivity index (χ4n) is 2.60. The van der Waals surface area contributed by atoms with Crippen LogP contribution in [0, 0.1) is 5.82 Å². The molecule has 1 fully saturated rings. The van der Waals surface area contributed by atoms with Crippen LogP contribution in [0.15, 0.2) is 40.8 Å². The van der Waals surface area contributed by atoms with Crippen LogP contribution in [0.4, 0.5) is 4.39 Å². The van der Waals surface area contributed by atoms with E-state index in [2.05, 4.69) is 19.2 Å². The first kappa shape index (κ1) is 14.3. The number of hydrogen-bond donors (Lipinski definition) is 1. The van der Waals surface area contributed by atoms with Crippen LogP contribution in [0.5, 0.6) is 0 Å². The second-order valence-electron chi connectivity index (χ2n) is 5.81. The Bertz CT molecular complexity index is 608. The summed E-state index contributed by atoms with van der Waals surface area (Å²) in [5.41, 5.74) is 0.870. The molecule has 1 aliphatic rings. The first-order valence-corrected chi connectivity index (χ1v) is 7.28. The van der Waals surface area contributed by atoms with Crippen molar-refractivity contribution >= 4 is 0 Å². The van der Waals surface area contributed by atoms with Crippen molar-refractivity contribution in [3.63, 3.8) is 0 Å². The third-order valence-corrected chi connectivity index (χ3v) is 4.34. The third kappa shape index (κ3) is 3.01. The van der Waals surface area contributed by atoms with Crippen molar-refractivity contribution in [2.45, 2.75) is 38.5 Å². The Morgan fingerprint density at radius 2 is 2.00 bits per heavy atom. The summed E-state index contributed by atoms with van der Waals surface area (Å²) >= 11 is 0. The summed E-state index contributed by atoms with van der Waals surface area (Å²) in [6.07, 6.45) is 1.20. The second-order valence-corrected chi connectivity index (χ2v) is 5.81. The molecule has 1 aromatic heterocycles. The Hall–Kier alpha value is -1.65. The summed E-state index contributed by atoms with van der Waals surface area (Å²) in [4.78, 5) is 0. The highest BCUT2D eigenvalue weighted by molar-refractivity contribution is 5.57. The Morgan fingerprint density at radius 1 is 1.24 bits per heavy atom. The van der Waals surface area contributed by atoms with E-state index in [0.717, 1.165) is 30.1 Å². The van der Waals surface area contributed by atoms with E-state index in [4.69, 9.17) is 9.15 Å². The van der Waals surface area contributed by atoms with Crippen molar-refractivity contribution in [2.75, 3.05) is 6.61 Å². The molecule has 0 spiro atoms. The molecule has 0 aliphatic carbocycles. The summed E-state index contributed by atoms with van der Waals surface area (Å²) in [6.45, 7) is 5.72. The lowest BCUT2D eigenvalue weighted by atomic mass is 9.95. The molecule has 1 aromatic carbocycles. The maximum Gasteiger partial charge on any atom is 0.134 e. The summed E-state index contributed by atoms with van der Waals surface area (Å²) in [5.74, 6) is 1.39. The van der Waals surface area contributed by atoms with Gasteiger partial charge >= 0.3 is 0 Å². The predicted octanol–water partition coefficient (Wildman–Crippen LogP) is 3.74. The third-order valence-electron chi connectivity index (χ3n) is 4.34. The smallest absolute Gasteiger partial charge is 0.134 e. The van der Waals surface area contributed by atoms with Gasteiger partial charge in [0.25, 0.3) is 0 Å². The van der Waals surface area contributed by atoms with Crippen molar-refractivity contribution < 1.29 is 13.5 Å². The molecule has 1 saturated heterocycles. The van der Waals surface area contributed by atoms with Gasteiger partial charge in [0.1, 0.15) is 17.3 Å². The normalized spacial score (nSPS) is 25.4. The summed E-state index contributed by atoms with van der Waals surface area (Å²) < 4.78 is 24.4. The molecule has 3 rings (SSSR count). The highest BCUT2D eigenvalue weighted by Gasteiger charge is 2.36. The van der Waals surface area contributed by atoms with Gasteiger partial charge in [-0.25, -0.2) is 4.39 Å². The van der Waals surface area contributed by atoms with Crippen LogP contribution < -0.4 is 5.32 Å². The minimum absolute atomic E-state index is 0.0111. The average Bonchev–Trinajstić information content (AvgIpc) is 3.06. The van der Waals surface area contributed by atoms with E-state index < -0.39 is 0 Å². The topological polar surface area (TPSA) is 34.4 Å². The molecule has 2 aromatic rings. The van der Waals surface area contributed by atoms with Crippen LogP contribution in [0.25, 0.3) is 11.3 Å². The molecule has 2 heterocycles. The fraction of sp³-hybridized carbons (Fsp3) is 0.412. The van der Waals surface area contributed by atoms with Crippen LogP contribution >= 0.6 is 0 Å². The molecule has 0 bridgehead atoms. The number of nitrogens with one attached hydrogen (secondary N) is 1. The van der Waals surface area contributed by atoms with E-state index in [-0.39, 0.29) is 17.5 Å². The van der Waals surface area contributed by atoms with E-state index in [1.165, 1.54) is 12.1 Å². The quantitative estimate of drug-likeness (QED) is 0.931. The molecule has 3 nitrogen and oxygen atoms in total. The molecule has 2 unspecified atom stereocenters. The minimum atomic E-state index is -0.240. The SMILES string of the molecule is CC1OCCC1(C)NCc1ccc(-c2ccc(F)cc2)o1. The first-order chi connectivity index (χ1) is 10.1. The van der Waals surface area contributed by atoms with Gasteiger partial charge in [-0.1, -0.05) is 0 Å². The van der Waals surface area contributed by atoms with E-state index in [9.17, 15) is 4.39 Å². The van der Waals surface area contributed by atoms with E-state index in [0.29, 0.717) is 6.54 Å². The maximum absolute atomic E-state index is 12.9. The summed E-state index contributed by atoms with van der Waals surface area (Å²) in [7, 11) is 0. The highest BCUT2D eigenvalue weighted by Crippen LogP contribution is 2.27. The Balaban J connectivity index is 1.67. The molecule has 4 heteroatoms. The number of benzene rings is 1. The van der Waals surface area contributed by atoms with Gasteiger partial charge in [-0.15, -0.1) is 0 Å². The van der Waals surface area contributed by atoms with Crippen LogP contribution in [0.1, 0.15) is 26.0 Å². The molecular weight excluding hydrogens is 269 g/mol. The minimum Gasteiger partial charge on any atom is -0.460 e. The van der Waals surface area contributed by atoms with Gasteiger partial charge in [-0.3, -0.25) is 0 Å². The Morgan fingerprint density at radius 3 is 2.67 bits per heavy atom. The van der Waals surface area contributed by atoms with Crippen LogP contribution in [-0.2, 0) is 11.3 Å². The van der Waals surface area contributed by atoms with Crippen molar-refractivity contribution in [1.82, 2.24) is 5.32 Å². The zero-order chi connectivity index (χ0) is 14.9. The lowest BCUT2D eigenvalue weighted by Gasteiger charge is -2.28. The number of halogens is 1. The Kier molecular flexibility index (Phi) is 3.83. The monoisotopic (exact) mass is 289 g/mol. The summed E-state index contributed by atoms with van der Waals surface area (Å²) in [6, 6.07) is 10.2. The highest BCUT2D eigenvalue weighted by atomic mass is 19.1. The van der Waals surface area contributed by atoms with Gasteiger partial charge in [0.15, 0.2) is 0 Å². The predicted molar refractivity (Wildman–Crippen MR) is 79.4 cm³/mol. The molecule has 0 radical (unpaired) electrons. The van der Waals surface area contributed by atoms with Gasteiger partial charge in [0, 0.05) is 17.7 Å². The van der Waals surface area contributed by atoms with Crippen molar-refractivity contribution in [2.24, 2.45) is 0 Å². The lowest BCUT2D eigenvalue weighted by molar-refractivity contribution is 0.0875. The number of rotatable bonds is 4. The molecule has 0 saturated carbocycles. The van der Waals surface area contributed by atoms with Gasteiger partial charge in [-0.05, 0) is 56.7 Å². The van der Waals surface area contributed by atoms with Crippen molar-refractivity contribution in [1.29, 1.82) is 0 Å². The zero-order valence-corrected chi connectivity index (χ0v) is 12.4. The molecule has 2 atom stereocenters. The van der Waals surface area contributed by atoms with Gasteiger partial charge in [0.05, 0.1) is 12.6 Å². The molecule has 0 amide bonds. The van der Waals surface area contributed by atoms with E-state index >= 15 is 0 Å². The fourth-order valence-corrected chi connectivity index (χ4v) is 2.60. The number of furan rings is 1. The second kappa shape index (κ2) is 5.62. The van der Waals surface area contributed by atoms with Crippen LogP contribution in [-0.4, -0.2) is 18.2 Å². The lowest BCUT2D eigenvalue weighted by Crippen LogP contribution is -2.47. The average molecular weight is 289 g/mol. The maximum atomic E-state index is 12.9. The summed E-state index contributed by atoms with van der Waals surface area (Å²) in [5, 5.41) is 3.52. The van der Waals surface area contributed by atoms with Gasteiger partial charge in [0.2, 0.25) is 0 Å². The van der Waals surface area contributed by atoms with Crippen molar-refractivity contribution in [3.8, 4) is 11.3 Å². The molecular formula is C17H20FNO2.